The molecule has 0 aromatic heterocycles. The molecule has 0 fully saturated rings. The van der Waals surface area contributed by atoms with Gasteiger partial charge in [-0.1, -0.05) is 0 Å². The van der Waals surface area contributed by atoms with E-state index in [0.717, 1.165) is 62.4 Å². The van der Waals surface area contributed by atoms with Crippen molar-refractivity contribution in [1.29, 1.82) is 0 Å². The molecule has 3 nitrogen and oxygen atoms in total. The van der Waals surface area contributed by atoms with Crippen LogP contribution in [0.2, 0.25) is 0.515 Å². The Morgan fingerprint density at radius 2 is 2.11 bits per heavy atom. The van der Waals surface area contributed by atoms with Gasteiger partial charge in [-0.3, -0.25) is 4.79 Å². The van der Waals surface area contributed by atoms with Gasteiger partial charge in [0.05, 0.1) is 0 Å². The van der Waals surface area contributed by atoms with E-state index in [4.69, 9.17) is 15.6 Å². The van der Waals surface area contributed by atoms with Crippen LogP contribution in [0.25, 0.3) is 0 Å². The molecule has 0 heterocycles. The quantitative estimate of drug-likeness (QED) is 0.555. The molecule has 0 saturated heterocycles. The van der Waals surface area contributed by atoms with E-state index >= 15 is 0 Å². The van der Waals surface area contributed by atoms with E-state index in [9.17, 15) is 0 Å². The first-order chi connectivity index (χ1) is 4.15. The van der Waals surface area contributed by atoms with E-state index in [-0.39, 0.29) is 0 Å². The summed E-state index contributed by atoms with van der Waals surface area (Å²) in [6.07, 6.45) is 1.25. The molecule has 0 aromatic rings. The number of carboxylic acid groups (broad SMARTS) is 1. The van der Waals surface area contributed by atoms with Crippen LogP contribution in [0.1, 0.15) is 13.3 Å². The zero-order valence-corrected chi connectivity index (χ0v) is 9.18. The van der Waals surface area contributed by atoms with Crippen molar-refractivity contribution in [2.24, 2.45) is 5.73 Å². The molecule has 0 spiro atoms. The van der Waals surface area contributed by atoms with Crippen molar-refractivity contribution >= 4 is 54.9 Å². The summed E-state index contributed by atoms with van der Waals surface area (Å²) in [6.45, 7) is 1.97. The fourth-order valence-electron chi connectivity index (χ4n) is 0.204. The molecule has 0 aliphatic carbocycles. The van der Waals surface area contributed by atoms with E-state index in [1.54, 1.807) is 0 Å². The first-order valence-electron chi connectivity index (χ1n) is 3.04. The van der Waals surface area contributed by atoms with Gasteiger partial charge in [-0.15, -0.1) is 0 Å². The third kappa shape index (κ3) is 48.1. The first-order valence-corrected chi connectivity index (χ1v) is 5.25. The molecule has 0 amide bonds. The van der Waals surface area contributed by atoms with Gasteiger partial charge in [0.2, 0.25) is 0 Å². The number of hydrogen-bond acceptors (Lipinski definition) is 2. The van der Waals surface area contributed by atoms with Gasteiger partial charge in [-0.05, 0) is 0 Å². The van der Waals surface area contributed by atoms with Gasteiger partial charge in [0.15, 0.2) is 0 Å². The van der Waals surface area contributed by atoms with E-state index in [1.165, 1.54) is 6.94 Å². The molecule has 50 valence electrons. The predicted molar refractivity (Wildman–Crippen MR) is 37.5 cm³/mol. The van der Waals surface area contributed by atoms with Gasteiger partial charge in [0, 0.05) is 6.92 Å². The molecule has 0 bridgehead atoms. The Kier molecular flexibility index (Phi) is 16.7. The molecule has 0 rings (SSSR count). The zero-order valence-electron chi connectivity index (χ0n) is 6.05. The number of rotatable bonds is 2. The van der Waals surface area contributed by atoms with Crippen molar-refractivity contribution < 1.29 is 9.90 Å². The molecule has 0 saturated carbocycles. The van der Waals surface area contributed by atoms with Crippen LogP contribution >= 0.6 is 0 Å². The third-order valence-corrected chi connectivity index (χ3v) is 1.66. The molecule has 3 N–H and O–H groups in total. The van der Waals surface area contributed by atoms with Gasteiger partial charge in [0.1, 0.15) is 0 Å². The maximum atomic E-state index is 9.00. The Bertz CT molecular complexity index is 62.0. The van der Waals surface area contributed by atoms with Gasteiger partial charge < -0.3 is 5.11 Å². The summed E-state index contributed by atoms with van der Waals surface area (Å²) in [6, 6.07) is 0. The standard InChI is InChI=1S/C3H8N.C2H4O2.K/c1-2-3-4;1-2(3)4;/h1-4H2;1H3,(H,3,4);. The second-order valence-corrected chi connectivity index (χ2v) is 3.22. The van der Waals surface area contributed by atoms with Crippen LogP contribution in [0.5, 0.6) is 0 Å². The van der Waals surface area contributed by atoms with Gasteiger partial charge in [-0.25, -0.2) is 0 Å². The Morgan fingerprint density at radius 3 is 2.11 bits per heavy atom. The SMILES string of the molecule is CC(=O)O.NCC[CH2][K]. The molecule has 0 aliphatic rings. The average molecular weight is 157 g/mol. The number of carbonyl (C=O) groups is 1. The molecule has 0 aromatic carbocycles. The molecular formula is C5H12KNO2. The van der Waals surface area contributed by atoms with Crippen molar-refractivity contribution in [2.75, 3.05) is 6.54 Å². The second-order valence-electron chi connectivity index (χ2n) is 1.66. The Hall–Kier alpha value is 1.07. The summed E-state index contributed by atoms with van der Waals surface area (Å²) in [4.78, 5) is 9.00. The molecule has 0 radical (unpaired) electrons. The minimum atomic E-state index is -0.833. The number of aliphatic carboxylic acids is 1. The summed E-state index contributed by atoms with van der Waals surface area (Å²) in [5.41, 5.74) is 5.17. The van der Waals surface area contributed by atoms with Crippen molar-refractivity contribution in [3.05, 3.63) is 0 Å². The number of hydrogen-bond donors (Lipinski definition) is 2. The third-order valence-electron chi connectivity index (χ3n) is 0.558. The van der Waals surface area contributed by atoms with Crippen LogP contribution < -0.4 is 5.73 Å². The number of carboxylic acids is 1. The molecular weight excluding hydrogens is 145 g/mol. The summed E-state index contributed by atoms with van der Waals surface area (Å²) in [5.74, 6) is -0.833. The normalized spacial score (nSPS) is 7.56. The van der Waals surface area contributed by atoms with E-state index in [2.05, 4.69) is 0 Å². The second kappa shape index (κ2) is 11.8. The van der Waals surface area contributed by atoms with Crippen molar-refractivity contribution in [3.8, 4) is 0 Å². The van der Waals surface area contributed by atoms with Crippen LogP contribution in [0, 0.1) is 0 Å². The van der Waals surface area contributed by atoms with Gasteiger partial charge in [-0.2, -0.15) is 0 Å². The van der Waals surface area contributed by atoms with Crippen molar-refractivity contribution in [2.45, 2.75) is 13.9 Å². The van der Waals surface area contributed by atoms with Crippen molar-refractivity contribution in [1.82, 2.24) is 0 Å². The maximum absolute atomic E-state index is 9.00. The van der Waals surface area contributed by atoms with Crippen LogP contribution in [0.15, 0.2) is 0 Å². The van der Waals surface area contributed by atoms with Crippen LogP contribution in [0.3, 0.4) is 0 Å². The monoisotopic (exact) mass is 157 g/mol. The van der Waals surface area contributed by atoms with Crippen LogP contribution in [-0.4, -0.2) is 66.6 Å². The first kappa shape index (κ1) is 12.7. The number of nitrogens with two attached hydrogens (primary N) is 1. The van der Waals surface area contributed by atoms with Crippen molar-refractivity contribution in [3.63, 3.8) is 0 Å². The summed E-state index contributed by atoms with van der Waals surface area (Å²) >= 11 is 1.03. The fraction of sp³-hybridized carbons (Fsp3) is 0.800. The van der Waals surface area contributed by atoms with Crippen LogP contribution in [0.4, 0.5) is 0 Å². The summed E-state index contributed by atoms with van der Waals surface area (Å²) < 4.78 is 1.41. The average Bonchev–Trinajstić information content (AvgIpc) is 1.66. The van der Waals surface area contributed by atoms with Gasteiger partial charge >= 0.3 is 68.2 Å². The Balaban J connectivity index is 0. The summed E-state index contributed by atoms with van der Waals surface area (Å²) in [7, 11) is 0. The zero-order chi connectivity index (χ0) is 7.70. The molecule has 9 heavy (non-hydrogen) atoms. The van der Waals surface area contributed by atoms with E-state index in [0.29, 0.717) is 0 Å². The Labute approximate surface area is 89.6 Å². The minimum absolute atomic E-state index is 0.833. The topological polar surface area (TPSA) is 63.3 Å². The van der Waals surface area contributed by atoms with E-state index in [1.807, 2.05) is 0 Å². The predicted octanol–water partition coefficient (Wildman–Crippen LogP) is 0.0129. The Morgan fingerprint density at radius 1 is 1.78 bits per heavy atom. The fourth-order valence-corrected chi connectivity index (χ4v) is 0.842. The summed E-state index contributed by atoms with van der Waals surface area (Å²) in [5, 5.41) is 7.42. The molecule has 4 heteroatoms. The van der Waals surface area contributed by atoms with Crippen LogP contribution in [-0.2, 0) is 4.79 Å². The molecule has 0 aliphatic heterocycles. The molecule has 0 atom stereocenters. The van der Waals surface area contributed by atoms with Gasteiger partial charge in [0.25, 0.3) is 5.97 Å². The van der Waals surface area contributed by atoms with E-state index < -0.39 is 5.97 Å². The molecule has 0 unspecified atom stereocenters.